The number of likely N-dealkylation sites (N-methyl/N-ethyl adjacent to an activating group) is 1. The quantitative estimate of drug-likeness (QED) is 0.425. The Balaban J connectivity index is 1.97. The summed E-state index contributed by atoms with van der Waals surface area (Å²) in [4.78, 5) is 2.30. The normalized spacial score (nSPS) is 14.1. The molecule has 3 aromatic rings. The van der Waals surface area contributed by atoms with Crippen molar-refractivity contribution >= 4 is 11.6 Å². The molecule has 0 radical (unpaired) electrons. The average molecular weight is 377 g/mol. The van der Waals surface area contributed by atoms with Gasteiger partial charge in [0.15, 0.2) is 0 Å². The van der Waals surface area contributed by atoms with Crippen molar-refractivity contribution in [2.45, 2.75) is 13.8 Å². The second-order valence-corrected chi connectivity index (χ2v) is 6.36. The van der Waals surface area contributed by atoms with Crippen molar-refractivity contribution in [1.29, 1.82) is 0 Å². The van der Waals surface area contributed by atoms with Crippen LogP contribution in [0.3, 0.4) is 0 Å². The molecule has 28 heavy (non-hydrogen) atoms. The number of hydrogen-bond acceptors (Lipinski definition) is 2. The first kappa shape index (κ1) is 14.2. The van der Waals surface area contributed by atoms with Crippen molar-refractivity contribution in [3.63, 3.8) is 0 Å². The molecule has 0 amide bonds. The highest BCUT2D eigenvalue weighted by molar-refractivity contribution is 5.91. The van der Waals surface area contributed by atoms with E-state index in [1.807, 2.05) is 54.6 Å². The predicted molar refractivity (Wildman–Crippen MR) is 120 cm³/mol. The van der Waals surface area contributed by atoms with Gasteiger partial charge in [-0.25, -0.2) is 0 Å². The van der Waals surface area contributed by atoms with Gasteiger partial charge in [0, 0.05) is 6.54 Å². The molecule has 0 aliphatic rings. The Morgan fingerprint density at radius 3 is 2.18 bits per heavy atom. The maximum absolute atomic E-state index is 8.29. The Morgan fingerprint density at radius 2 is 1.54 bits per heavy atom. The van der Waals surface area contributed by atoms with E-state index in [9.17, 15) is 0 Å². The van der Waals surface area contributed by atoms with E-state index in [0.29, 0.717) is 6.61 Å². The third-order valence-corrected chi connectivity index (χ3v) is 4.63. The summed E-state index contributed by atoms with van der Waals surface area (Å²) in [6.07, 6.45) is 1.67. The highest BCUT2D eigenvalue weighted by Crippen LogP contribution is 2.27. The lowest BCUT2D eigenvalue weighted by Gasteiger charge is -2.18. The molecule has 144 valence electrons. The van der Waals surface area contributed by atoms with Gasteiger partial charge in [0.05, 0.1) is 6.85 Å². The minimum atomic E-state index is -0.394. The van der Waals surface area contributed by atoms with Crippen LogP contribution in [0.4, 0.5) is 0 Å². The summed E-state index contributed by atoms with van der Waals surface area (Å²) in [7, 11) is 0. The van der Waals surface area contributed by atoms with E-state index >= 15 is 0 Å². The van der Waals surface area contributed by atoms with Crippen LogP contribution in [0.2, 0.25) is 0 Å². The number of ether oxygens (including phenoxy) is 1. The molecule has 0 fully saturated rings. The van der Waals surface area contributed by atoms with Crippen molar-refractivity contribution in [2.75, 3.05) is 26.2 Å². The monoisotopic (exact) mass is 376 g/mol. The Bertz CT molecular complexity index is 1080. The molecule has 0 saturated carbocycles. The summed E-state index contributed by atoms with van der Waals surface area (Å²) in [5, 5.41) is 0. The lowest BCUT2D eigenvalue weighted by Crippen LogP contribution is -2.27. The summed E-state index contributed by atoms with van der Waals surface area (Å²) in [5.74, 6) is 0.765. The van der Waals surface area contributed by atoms with Crippen molar-refractivity contribution in [3.05, 3.63) is 101 Å². The van der Waals surface area contributed by atoms with Crippen LogP contribution in [-0.4, -0.2) is 31.1 Å². The maximum atomic E-state index is 8.29. The van der Waals surface area contributed by atoms with Crippen molar-refractivity contribution in [1.82, 2.24) is 4.90 Å². The molecule has 0 N–H and O–H groups in total. The largest absolute Gasteiger partial charge is 0.492 e. The molecule has 0 spiro atoms. The zero-order valence-corrected chi connectivity index (χ0v) is 16.5. The van der Waals surface area contributed by atoms with Crippen LogP contribution < -0.4 is 4.74 Å². The summed E-state index contributed by atoms with van der Waals surface area (Å²) < 4.78 is 46.3. The molecule has 3 aromatic carbocycles. The fraction of sp³-hybridized carbons (Fsp3) is 0.231. The zero-order chi connectivity index (χ0) is 24.0. The molecule has 2 nitrogen and oxygen atoms in total. The van der Waals surface area contributed by atoms with Crippen molar-refractivity contribution in [3.8, 4) is 5.75 Å². The zero-order valence-electron chi connectivity index (χ0n) is 21.5. The second kappa shape index (κ2) is 10.5. The number of rotatable bonds is 9. The van der Waals surface area contributed by atoms with E-state index in [2.05, 4.69) is 18.7 Å². The van der Waals surface area contributed by atoms with Crippen LogP contribution in [0.1, 0.15) is 37.4 Å². The Morgan fingerprint density at radius 1 is 0.893 bits per heavy atom. The number of nitrogens with zero attached hydrogens (tertiary/aromatic N) is 1. The lowest BCUT2D eigenvalue weighted by molar-refractivity contribution is 0.223. The van der Waals surface area contributed by atoms with Gasteiger partial charge in [-0.1, -0.05) is 86.5 Å². The average Bonchev–Trinajstić information content (AvgIpc) is 2.85. The molecule has 0 aromatic heterocycles. The number of hydrogen-bond donors (Lipinski definition) is 0. The van der Waals surface area contributed by atoms with Crippen LogP contribution in [0, 0.1) is 0 Å². The van der Waals surface area contributed by atoms with Gasteiger partial charge < -0.3 is 9.64 Å². The van der Waals surface area contributed by atoms with E-state index < -0.39 is 6.04 Å². The first-order valence-corrected chi connectivity index (χ1v) is 9.67. The first-order valence-electron chi connectivity index (χ1n) is 12.2. The minimum Gasteiger partial charge on any atom is -0.492 e. The van der Waals surface area contributed by atoms with E-state index in [-0.39, 0.29) is 29.7 Å². The molecule has 0 aliphatic carbocycles. The van der Waals surface area contributed by atoms with Gasteiger partial charge in [-0.15, -0.1) is 0 Å². The topological polar surface area (TPSA) is 12.5 Å². The fourth-order valence-electron chi connectivity index (χ4n) is 2.99. The molecule has 0 atom stereocenters. The van der Waals surface area contributed by atoms with Crippen molar-refractivity contribution < 1.29 is 11.6 Å². The predicted octanol–water partition coefficient (Wildman–Crippen LogP) is 6.00. The summed E-state index contributed by atoms with van der Waals surface area (Å²) in [5.41, 5.74) is 2.69. The summed E-state index contributed by atoms with van der Waals surface area (Å²) >= 11 is 0. The standard InChI is InChI=1S/C26H29NO/c1-3-27(4-2)19-20-28-25-17-15-24(16-18-25)26(23-13-9-6-10-14-23)21-22-11-7-5-8-12-22/h5-18,21H,3-4,19-20H2,1-2H3/b26-21+/i5D,7D,8D,11D,12D. The molecule has 0 saturated heterocycles. The highest BCUT2D eigenvalue weighted by Gasteiger charge is 2.06. The smallest absolute Gasteiger partial charge is 0.119 e. The van der Waals surface area contributed by atoms with Gasteiger partial charge >= 0.3 is 0 Å². The maximum Gasteiger partial charge on any atom is 0.119 e. The fourth-order valence-corrected chi connectivity index (χ4v) is 2.99. The Hall–Kier alpha value is -2.84. The Labute approximate surface area is 176 Å². The van der Waals surface area contributed by atoms with E-state index in [1.54, 1.807) is 6.08 Å². The van der Waals surface area contributed by atoms with Gasteiger partial charge in [-0.05, 0) is 53.6 Å². The molecular formula is C26H29NO. The third-order valence-electron chi connectivity index (χ3n) is 4.63. The van der Waals surface area contributed by atoms with Gasteiger partial charge in [0.1, 0.15) is 12.4 Å². The van der Waals surface area contributed by atoms with Gasteiger partial charge in [-0.2, -0.15) is 0 Å². The third kappa shape index (κ3) is 5.58. The van der Waals surface area contributed by atoms with Gasteiger partial charge in [0.2, 0.25) is 0 Å². The lowest BCUT2D eigenvalue weighted by atomic mass is 9.95. The van der Waals surface area contributed by atoms with E-state index in [4.69, 9.17) is 11.6 Å². The number of benzene rings is 3. The summed E-state index contributed by atoms with van der Waals surface area (Å²) in [6, 6.07) is 15.8. The van der Waals surface area contributed by atoms with Gasteiger partial charge in [0.25, 0.3) is 0 Å². The molecule has 0 heterocycles. The minimum absolute atomic E-state index is 0.166. The summed E-state index contributed by atoms with van der Waals surface area (Å²) in [6.45, 7) is 7.70. The highest BCUT2D eigenvalue weighted by atomic mass is 16.5. The first-order chi connectivity index (χ1) is 15.9. The van der Waals surface area contributed by atoms with Crippen LogP contribution in [-0.2, 0) is 0 Å². The van der Waals surface area contributed by atoms with Crippen LogP contribution in [0.15, 0.2) is 84.8 Å². The van der Waals surface area contributed by atoms with Crippen molar-refractivity contribution in [2.24, 2.45) is 0 Å². The van der Waals surface area contributed by atoms with Crippen LogP contribution >= 0.6 is 0 Å². The Kier molecular flexibility index (Phi) is 5.32. The molecule has 0 unspecified atom stereocenters. The van der Waals surface area contributed by atoms with Crippen LogP contribution in [0.25, 0.3) is 11.6 Å². The molecular weight excluding hydrogens is 342 g/mol. The SMILES string of the molecule is [2H]c1c([2H])c([2H])c(/C=C(\c2ccccc2)c2ccc(OCCN(CC)CC)cc2)c([2H])c1[2H]. The molecule has 0 bridgehead atoms. The van der Waals surface area contributed by atoms with E-state index in [0.717, 1.165) is 42.1 Å². The van der Waals surface area contributed by atoms with Gasteiger partial charge in [-0.3, -0.25) is 0 Å². The molecule has 2 heteroatoms. The molecule has 0 aliphatic heterocycles. The second-order valence-electron chi connectivity index (χ2n) is 6.36. The van der Waals surface area contributed by atoms with E-state index in [1.165, 1.54) is 0 Å². The van der Waals surface area contributed by atoms with Crippen LogP contribution in [0.5, 0.6) is 5.75 Å². The molecule has 3 rings (SSSR count).